The van der Waals surface area contributed by atoms with Crippen LogP contribution in [0.5, 0.6) is 0 Å². The fourth-order valence-electron chi connectivity index (χ4n) is 3.79. The summed E-state index contributed by atoms with van der Waals surface area (Å²) in [5, 5.41) is 0. The van der Waals surface area contributed by atoms with Crippen LogP contribution in [0.4, 0.5) is 15.8 Å². The average Bonchev–Trinajstić information content (AvgIpc) is 3.08. The number of halogens is 1. The molecule has 1 heterocycles. The van der Waals surface area contributed by atoms with Gasteiger partial charge in [0.2, 0.25) is 0 Å². The number of carbonyl (C=O) groups excluding carboxylic acids is 4. The summed E-state index contributed by atoms with van der Waals surface area (Å²) in [7, 11) is 0. The van der Waals surface area contributed by atoms with Gasteiger partial charge in [0, 0.05) is 11.7 Å². The molecule has 0 fully saturated rings. The Bertz CT molecular complexity index is 1270. The Morgan fingerprint density at radius 3 is 2.21 bits per heavy atom. The predicted octanol–water partition coefficient (Wildman–Crippen LogP) is 4.22. The van der Waals surface area contributed by atoms with E-state index in [4.69, 9.17) is 4.74 Å². The predicted molar refractivity (Wildman–Crippen MR) is 123 cm³/mol. The van der Waals surface area contributed by atoms with E-state index in [-0.39, 0.29) is 28.4 Å². The maximum atomic E-state index is 13.2. The van der Waals surface area contributed by atoms with Gasteiger partial charge in [-0.05, 0) is 68.4 Å². The number of amides is 3. The van der Waals surface area contributed by atoms with Crippen molar-refractivity contribution in [3.05, 3.63) is 95.3 Å². The first-order valence-corrected chi connectivity index (χ1v) is 10.6. The van der Waals surface area contributed by atoms with Gasteiger partial charge >= 0.3 is 5.97 Å². The largest absolute Gasteiger partial charge is 0.452 e. The van der Waals surface area contributed by atoms with Crippen molar-refractivity contribution in [3.8, 4) is 0 Å². The minimum Gasteiger partial charge on any atom is -0.452 e. The number of rotatable bonds is 6. The Labute approximate surface area is 195 Å². The number of hydrogen-bond acceptors (Lipinski definition) is 5. The van der Waals surface area contributed by atoms with Crippen LogP contribution in [0.1, 0.15) is 44.9 Å². The lowest BCUT2D eigenvalue weighted by molar-refractivity contribution is -0.122. The zero-order valence-electron chi connectivity index (χ0n) is 18.5. The molecular formula is C26H21FN2O5. The van der Waals surface area contributed by atoms with Gasteiger partial charge in [-0.2, -0.15) is 0 Å². The maximum Gasteiger partial charge on any atom is 0.338 e. The zero-order valence-corrected chi connectivity index (χ0v) is 18.5. The van der Waals surface area contributed by atoms with E-state index in [1.165, 1.54) is 35.2 Å². The highest BCUT2D eigenvalue weighted by atomic mass is 19.1. The average molecular weight is 460 g/mol. The van der Waals surface area contributed by atoms with Gasteiger partial charge < -0.3 is 9.64 Å². The van der Waals surface area contributed by atoms with Crippen LogP contribution >= 0.6 is 0 Å². The summed E-state index contributed by atoms with van der Waals surface area (Å²) in [5.74, 6) is -2.90. The highest BCUT2D eigenvalue weighted by Gasteiger charge is 2.37. The van der Waals surface area contributed by atoms with Gasteiger partial charge in [0.1, 0.15) is 5.82 Å². The molecule has 8 heteroatoms. The summed E-state index contributed by atoms with van der Waals surface area (Å²) in [6, 6.07) is 17.8. The van der Waals surface area contributed by atoms with Gasteiger partial charge in [-0.25, -0.2) is 14.1 Å². The molecule has 4 rings (SSSR count). The van der Waals surface area contributed by atoms with E-state index in [1.54, 1.807) is 12.1 Å². The SMILES string of the molecule is CC(C)N(C(=O)COC(=O)c1ccc2c(c1)C(=O)N(c1ccc(F)cc1)C2=O)c1ccccc1. The number of benzene rings is 3. The molecule has 3 amide bonds. The second-order valence-electron chi connectivity index (χ2n) is 7.95. The molecule has 0 bridgehead atoms. The summed E-state index contributed by atoms with van der Waals surface area (Å²) < 4.78 is 18.4. The van der Waals surface area contributed by atoms with E-state index in [0.717, 1.165) is 17.0 Å². The molecule has 0 saturated heterocycles. The van der Waals surface area contributed by atoms with E-state index in [9.17, 15) is 23.6 Å². The standard InChI is InChI=1S/C26H21FN2O5/c1-16(2)28(19-6-4-3-5-7-19)23(30)15-34-26(33)17-8-13-21-22(14-17)25(32)29(24(21)31)20-11-9-18(27)10-12-20/h3-14,16H,15H2,1-2H3. The van der Waals surface area contributed by atoms with Crippen molar-refractivity contribution in [3.63, 3.8) is 0 Å². The molecular weight excluding hydrogens is 439 g/mol. The third-order valence-electron chi connectivity index (χ3n) is 5.35. The molecule has 34 heavy (non-hydrogen) atoms. The van der Waals surface area contributed by atoms with E-state index in [2.05, 4.69) is 0 Å². The van der Waals surface area contributed by atoms with Crippen LogP contribution in [-0.4, -0.2) is 36.3 Å². The first kappa shape index (κ1) is 22.8. The van der Waals surface area contributed by atoms with Crippen molar-refractivity contribution in [1.29, 1.82) is 0 Å². The Balaban J connectivity index is 1.49. The van der Waals surface area contributed by atoms with Crippen molar-refractivity contribution < 1.29 is 28.3 Å². The number of esters is 1. The molecule has 172 valence electrons. The Hall–Kier alpha value is -4.33. The first-order chi connectivity index (χ1) is 16.3. The number of anilines is 2. The number of nitrogens with zero attached hydrogens (tertiary/aromatic N) is 2. The molecule has 0 aromatic heterocycles. The molecule has 0 aliphatic carbocycles. The third-order valence-corrected chi connectivity index (χ3v) is 5.35. The lowest BCUT2D eigenvalue weighted by atomic mass is 10.1. The van der Waals surface area contributed by atoms with Gasteiger partial charge in [0.25, 0.3) is 17.7 Å². The number of fused-ring (bicyclic) bond motifs is 1. The van der Waals surface area contributed by atoms with Crippen LogP contribution in [0.15, 0.2) is 72.8 Å². The normalized spacial score (nSPS) is 12.6. The monoisotopic (exact) mass is 460 g/mol. The molecule has 0 radical (unpaired) electrons. The minimum absolute atomic E-state index is 0.0307. The Kier molecular flexibility index (Phi) is 6.23. The highest BCUT2D eigenvalue weighted by molar-refractivity contribution is 6.34. The maximum absolute atomic E-state index is 13.2. The Morgan fingerprint density at radius 1 is 0.912 bits per heavy atom. The van der Waals surface area contributed by atoms with Crippen LogP contribution < -0.4 is 9.80 Å². The van der Waals surface area contributed by atoms with Gasteiger partial charge in [-0.3, -0.25) is 14.4 Å². The van der Waals surface area contributed by atoms with Gasteiger partial charge in [-0.1, -0.05) is 18.2 Å². The minimum atomic E-state index is -0.798. The van der Waals surface area contributed by atoms with E-state index in [1.807, 2.05) is 32.0 Å². The molecule has 1 aliphatic heterocycles. The van der Waals surface area contributed by atoms with Crippen molar-refractivity contribution in [2.24, 2.45) is 0 Å². The van der Waals surface area contributed by atoms with Gasteiger partial charge in [0.05, 0.1) is 22.4 Å². The van der Waals surface area contributed by atoms with Crippen LogP contribution in [0.25, 0.3) is 0 Å². The van der Waals surface area contributed by atoms with Gasteiger partial charge in [-0.15, -0.1) is 0 Å². The topological polar surface area (TPSA) is 84.0 Å². The van der Waals surface area contributed by atoms with Crippen LogP contribution in [0, 0.1) is 5.82 Å². The zero-order chi connectivity index (χ0) is 24.4. The molecule has 0 atom stereocenters. The molecule has 0 spiro atoms. The quantitative estimate of drug-likeness (QED) is 0.406. The second kappa shape index (κ2) is 9.27. The van der Waals surface area contributed by atoms with E-state index in [0.29, 0.717) is 5.69 Å². The third kappa shape index (κ3) is 4.30. The van der Waals surface area contributed by atoms with E-state index >= 15 is 0 Å². The van der Waals surface area contributed by atoms with Crippen molar-refractivity contribution in [2.75, 3.05) is 16.4 Å². The van der Waals surface area contributed by atoms with Gasteiger partial charge in [0.15, 0.2) is 6.61 Å². The molecule has 3 aromatic carbocycles. The first-order valence-electron chi connectivity index (χ1n) is 10.6. The summed E-state index contributed by atoms with van der Waals surface area (Å²) in [6.07, 6.45) is 0. The Morgan fingerprint density at radius 2 is 1.56 bits per heavy atom. The molecule has 1 aliphatic rings. The van der Waals surface area contributed by atoms with E-state index < -0.39 is 36.1 Å². The van der Waals surface area contributed by atoms with Crippen molar-refractivity contribution in [1.82, 2.24) is 0 Å². The fourth-order valence-corrected chi connectivity index (χ4v) is 3.79. The molecule has 0 saturated carbocycles. The summed E-state index contributed by atoms with van der Waals surface area (Å²) in [6.45, 7) is 3.21. The van der Waals surface area contributed by atoms with Crippen LogP contribution in [0.2, 0.25) is 0 Å². The summed E-state index contributed by atoms with van der Waals surface area (Å²) in [4.78, 5) is 53.4. The number of imide groups is 1. The summed E-state index contributed by atoms with van der Waals surface area (Å²) >= 11 is 0. The highest BCUT2D eigenvalue weighted by Crippen LogP contribution is 2.29. The number of para-hydroxylation sites is 1. The number of hydrogen-bond donors (Lipinski definition) is 0. The number of ether oxygens (including phenoxy) is 1. The van der Waals surface area contributed by atoms with Crippen molar-refractivity contribution >= 4 is 35.1 Å². The lowest BCUT2D eigenvalue weighted by Crippen LogP contribution is -2.39. The molecule has 0 unspecified atom stereocenters. The molecule has 0 N–H and O–H groups in total. The van der Waals surface area contributed by atoms with Crippen molar-refractivity contribution in [2.45, 2.75) is 19.9 Å². The summed E-state index contributed by atoms with van der Waals surface area (Å²) in [5.41, 5.74) is 1.09. The number of carbonyl (C=O) groups is 4. The second-order valence-corrected chi connectivity index (χ2v) is 7.95. The molecule has 7 nitrogen and oxygen atoms in total. The van der Waals surface area contributed by atoms with Crippen LogP contribution in [-0.2, 0) is 9.53 Å². The van der Waals surface area contributed by atoms with Crippen LogP contribution in [0.3, 0.4) is 0 Å². The lowest BCUT2D eigenvalue weighted by Gasteiger charge is -2.26. The smallest absolute Gasteiger partial charge is 0.338 e. The molecule has 3 aromatic rings. The fraction of sp³-hybridized carbons (Fsp3) is 0.154.